The van der Waals surface area contributed by atoms with Crippen molar-refractivity contribution < 1.29 is 48.1 Å². The highest BCUT2D eigenvalue weighted by Crippen LogP contribution is 2.42. The second-order valence-corrected chi connectivity index (χ2v) is 11.8. The Labute approximate surface area is 191 Å². The van der Waals surface area contributed by atoms with Crippen molar-refractivity contribution in [1.29, 1.82) is 0 Å². The van der Waals surface area contributed by atoms with Gasteiger partial charge in [0.2, 0.25) is 0 Å². The summed E-state index contributed by atoms with van der Waals surface area (Å²) in [5, 5.41) is 0. The Morgan fingerprint density at radius 3 is 1.45 bits per heavy atom. The Morgan fingerprint density at radius 2 is 1.12 bits per heavy atom. The summed E-state index contributed by atoms with van der Waals surface area (Å²) in [6, 6.07) is 5.26. The number of rotatable bonds is 13. The quantitative estimate of drug-likeness (QED) is 0.234. The molecule has 0 aliphatic heterocycles. The van der Waals surface area contributed by atoms with E-state index in [1.165, 1.54) is 12.1 Å². The maximum atomic E-state index is 12.9. The number of benzene rings is 1. The molecule has 192 valence electrons. The normalized spacial score (nSPS) is 13.8. The van der Waals surface area contributed by atoms with E-state index in [-0.39, 0.29) is 5.56 Å². The van der Waals surface area contributed by atoms with E-state index in [9.17, 15) is 43.2 Å². The van der Waals surface area contributed by atoms with Crippen LogP contribution in [0.2, 0.25) is 0 Å². The number of hydrogen-bond donors (Lipinski definition) is 1. The molecule has 1 aromatic rings. The number of nitrogens with one attached hydrogen (secondary N) is 1. The van der Waals surface area contributed by atoms with Gasteiger partial charge in [0.05, 0.1) is 13.1 Å². The summed E-state index contributed by atoms with van der Waals surface area (Å²) in [5.41, 5.74) is -11.9. The third-order valence-electron chi connectivity index (χ3n) is 5.08. The van der Waals surface area contributed by atoms with E-state index < -0.39 is 41.7 Å². The standard InChI is InChI=1S/C20H28F6NO4S2/c1-3-5-7-13-27(14-8-6-4-2)17-11-9-16(10-12-17)15-18(32(28,29)19(21,22)23)33(30,31)20(24,25)26/h9-12H,3-8,13-15H2,1-2H3/q-1/p+1. The van der Waals surface area contributed by atoms with Gasteiger partial charge in [-0.1, -0.05) is 49.0 Å². The first-order valence-electron chi connectivity index (χ1n) is 10.5. The van der Waals surface area contributed by atoms with E-state index >= 15 is 0 Å². The van der Waals surface area contributed by atoms with Gasteiger partial charge >= 0.3 is 11.0 Å². The molecule has 1 aromatic carbocycles. The predicted octanol–water partition coefficient (Wildman–Crippen LogP) is 4.48. The van der Waals surface area contributed by atoms with E-state index in [1.807, 2.05) is 13.8 Å². The van der Waals surface area contributed by atoms with Crippen LogP contribution in [0.15, 0.2) is 24.3 Å². The smallest absolute Gasteiger partial charge is 0.302 e. The molecule has 0 amide bonds. The van der Waals surface area contributed by atoms with E-state index in [4.69, 9.17) is 0 Å². The molecule has 0 aliphatic carbocycles. The maximum Gasteiger partial charge on any atom is 0.469 e. The lowest BCUT2D eigenvalue weighted by atomic mass is 10.1. The van der Waals surface area contributed by atoms with E-state index in [2.05, 4.69) is 0 Å². The molecule has 1 rings (SSSR count). The second-order valence-electron chi connectivity index (χ2n) is 7.66. The van der Waals surface area contributed by atoms with Crippen LogP contribution in [0.4, 0.5) is 32.0 Å². The van der Waals surface area contributed by atoms with Crippen molar-refractivity contribution in [2.45, 2.75) is 69.8 Å². The van der Waals surface area contributed by atoms with Gasteiger partial charge in [0.1, 0.15) is 25.4 Å². The molecule has 33 heavy (non-hydrogen) atoms. The number of hydrogen-bond acceptors (Lipinski definition) is 4. The number of unbranched alkanes of at least 4 members (excludes halogenated alkanes) is 4. The van der Waals surface area contributed by atoms with Crippen LogP contribution in [0.1, 0.15) is 57.9 Å². The lowest BCUT2D eigenvalue weighted by Gasteiger charge is -2.31. The average molecular weight is 526 g/mol. The molecule has 0 spiro atoms. The first kappa shape index (κ1) is 29.7. The Morgan fingerprint density at radius 1 is 0.727 bits per heavy atom. The minimum atomic E-state index is -6.73. The Kier molecular flexibility index (Phi) is 10.7. The molecule has 0 heterocycles. The fraction of sp³-hybridized carbons (Fsp3) is 0.650. The van der Waals surface area contributed by atoms with Gasteiger partial charge in [0.25, 0.3) is 0 Å². The first-order valence-corrected chi connectivity index (χ1v) is 13.5. The molecule has 0 radical (unpaired) electrons. The highest BCUT2D eigenvalue weighted by Gasteiger charge is 2.53. The zero-order valence-electron chi connectivity index (χ0n) is 18.4. The molecule has 0 saturated heterocycles. The van der Waals surface area contributed by atoms with Gasteiger partial charge in [-0.3, -0.25) is 16.8 Å². The van der Waals surface area contributed by atoms with Gasteiger partial charge in [-0.25, -0.2) is 0 Å². The van der Waals surface area contributed by atoms with Gasteiger partial charge < -0.3 is 4.90 Å². The Bertz CT molecular complexity index is 888. The fourth-order valence-electron chi connectivity index (χ4n) is 3.21. The lowest BCUT2D eigenvalue weighted by Crippen LogP contribution is -3.07. The molecule has 0 aliphatic rings. The van der Waals surface area contributed by atoms with Crippen LogP contribution in [0.3, 0.4) is 0 Å². The highest BCUT2D eigenvalue weighted by molar-refractivity contribution is 8.13. The fourth-order valence-corrected chi connectivity index (χ4v) is 6.16. The number of alkyl halides is 6. The third kappa shape index (κ3) is 7.84. The highest BCUT2D eigenvalue weighted by atomic mass is 32.3. The summed E-state index contributed by atoms with van der Waals surface area (Å²) in [4.78, 5) is 1.08. The second kappa shape index (κ2) is 11.9. The first-order chi connectivity index (χ1) is 15.1. The van der Waals surface area contributed by atoms with Crippen molar-refractivity contribution in [1.82, 2.24) is 0 Å². The molecular formula is C20H29F6NO4S2. The van der Waals surface area contributed by atoms with Crippen LogP contribution >= 0.6 is 0 Å². The van der Waals surface area contributed by atoms with Gasteiger partial charge in [-0.05, 0) is 37.8 Å². The molecule has 0 unspecified atom stereocenters. The average Bonchev–Trinajstić information content (AvgIpc) is 2.69. The third-order valence-corrected chi connectivity index (χ3v) is 9.11. The molecule has 0 aromatic heterocycles. The predicted molar refractivity (Wildman–Crippen MR) is 113 cm³/mol. The molecule has 0 saturated carbocycles. The topological polar surface area (TPSA) is 72.7 Å². The molecule has 5 nitrogen and oxygen atoms in total. The van der Waals surface area contributed by atoms with Gasteiger partial charge in [0, 0.05) is 0 Å². The van der Waals surface area contributed by atoms with E-state index in [1.54, 1.807) is 0 Å². The molecule has 13 heteroatoms. The van der Waals surface area contributed by atoms with Crippen molar-refractivity contribution in [3.05, 3.63) is 34.4 Å². The van der Waals surface area contributed by atoms with Crippen LogP contribution in [0.25, 0.3) is 0 Å². The monoisotopic (exact) mass is 525 g/mol. The zero-order valence-corrected chi connectivity index (χ0v) is 20.0. The van der Waals surface area contributed by atoms with Crippen LogP contribution in [0.5, 0.6) is 0 Å². The summed E-state index contributed by atoms with van der Waals surface area (Å²) < 4.78 is 122. The summed E-state index contributed by atoms with van der Waals surface area (Å²) in [5.74, 6) is 0. The van der Waals surface area contributed by atoms with E-state index in [0.29, 0.717) is 0 Å². The molecule has 0 atom stereocenters. The number of sulfone groups is 2. The van der Waals surface area contributed by atoms with E-state index in [0.717, 1.165) is 74.3 Å². The SMILES string of the molecule is CCCCC[NH+](CCCCC)c1ccc(C[C-](S(=O)(=O)C(F)(F)F)S(=O)(=O)C(F)(F)F)cc1. The maximum absolute atomic E-state index is 12.9. The minimum absolute atomic E-state index is 0.295. The van der Waals surface area contributed by atoms with Crippen molar-refractivity contribution in [2.75, 3.05) is 13.1 Å². The molecule has 1 N–H and O–H groups in total. The van der Waals surface area contributed by atoms with Gasteiger partial charge in [-0.15, -0.1) is 6.42 Å². The summed E-state index contributed by atoms with van der Waals surface area (Å²) >= 11 is 0. The van der Waals surface area contributed by atoms with Gasteiger partial charge in [-0.2, -0.15) is 26.3 Å². The van der Waals surface area contributed by atoms with Crippen LogP contribution < -0.4 is 4.90 Å². The number of quaternary nitrogens is 1. The van der Waals surface area contributed by atoms with Crippen molar-refractivity contribution in [2.24, 2.45) is 0 Å². The summed E-state index contributed by atoms with van der Waals surface area (Å²) in [7, 11) is -13.5. The molecule has 0 bridgehead atoms. The summed E-state index contributed by atoms with van der Waals surface area (Å²) in [6.07, 6.45) is 4.29. The summed E-state index contributed by atoms with van der Waals surface area (Å²) in [6.45, 7) is 5.64. The number of halogens is 6. The van der Waals surface area contributed by atoms with Crippen molar-refractivity contribution in [3.8, 4) is 0 Å². The van der Waals surface area contributed by atoms with Crippen LogP contribution in [-0.4, -0.2) is 40.9 Å². The lowest BCUT2D eigenvalue weighted by molar-refractivity contribution is -0.833. The van der Waals surface area contributed by atoms with Crippen molar-refractivity contribution in [3.63, 3.8) is 0 Å². The Balaban J connectivity index is 3.25. The molecule has 0 fully saturated rings. The van der Waals surface area contributed by atoms with Gasteiger partial charge in [0.15, 0.2) is 0 Å². The van der Waals surface area contributed by atoms with Crippen LogP contribution in [-0.2, 0) is 26.1 Å². The zero-order chi connectivity index (χ0) is 25.5. The molecular weight excluding hydrogens is 496 g/mol. The van der Waals surface area contributed by atoms with Crippen LogP contribution in [0, 0.1) is 4.58 Å². The minimum Gasteiger partial charge on any atom is -0.302 e. The Hall–Kier alpha value is -1.34. The van der Waals surface area contributed by atoms with Crippen molar-refractivity contribution >= 4 is 25.4 Å². The largest absolute Gasteiger partial charge is 0.469 e.